The molecule has 268 valence electrons. The number of aliphatic imine (C=N–C) groups is 1. The minimum atomic E-state index is -0.529. The van der Waals surface area contributed by atoms with Gasteiger partial charge in [0, 0.05) is 41.1 Å². The predicted octanol–water partition coefficient (Wildman–Crippen LogP) is 6.49. The van der Waals surface area contributed by atoms with Gasteiger partial charge in [-0.15, -0.1) is 5.11 Å². The summed E-state index contributed by atoms with van der Waals surface area (Å²) in [4.78, 5) is 47.3. The highest BCUT2D eigenvalue weighted by atomic mass is 16.2. The molecule has 3 aliphatic rings. The van der Waals surface area contributed by atoms with E-state index in [9.17, 15) is 14.4 Å². The fraction of sp³-hybridized carbons (Fsp3) is 0.463. The molecule has 0 unspecified atom stereocenters. The Morgan fingerprint density at radius 3 is 2.24 bits per heavy atom. The molecule has 0 bridgehead atoms. The molecule has 2 amide bonds. The summed E-state index contributed by atoms with van der Waals surface area (Å²) in [7, 11) is 2.12. The van der Waals surface area contributed by atoms with E-state index in [0.717, 1.165) is 85.0 Å². The summed E-state index contributed by atoms with van der Waals surface area (Å²) in [5, 5.41) is 14.3. The van der Waals surface area contributed by atoms with Crippen LogP contribution in [-0.2, 0) is 16.0 Å². The number of aryl methyl sites for hydroxylation is 1. The van der Waals surface area contributed by atoms with E-state index in [1.165, 1.54) is 0 Å². The number of anilines is 1. The molecule has 3 aromatic carbocycles. The number of nitrogens with zero attached hydrogens (tertiary/aromatic N) is 4. The van der Waals surface area contributed by atoms with Gasteiger partial charge in [-0.25, -0.2) is 4.99 Å². The smallest absolute Gasteiger partial charge is 0.251 e. The molecular weight excluding hydrogens is 638 g/mol. The highest BCUT2D eigenvalue weighted by Crippen LogP contribution is 2.32. The number of amides is 2. The van der Waals surface area contributed by atoms with Crippen molar-refractivity contribution in [2.75, 3.05) is 38.7 Å². The second-order valence-electron chi connectivity index (χ2n) is 14.7. The molecule has 2 heterocycles. The van der Waals surface area contributed by atoms with Crippen molar-refractivity contribution in [2.24, 2.45) is 38.7 Å². The first-order valence-electron chi connectivity index (χ1n) is 18.4. The van der Waals surface area contributed by atoms with Crippen LogP contribution in [0.15, 0.2) is 75.9 Å². The number of amidine groups is 1. The first-order valence-corrected chi connectivity index (χ1v) is 18.4. The Kier molecular flexibility index (Phi) is 11.8. The van der Waals surface area contributed by atoms with Crippen LogP contribution in [-0.4, -0.2) is 67.7 Å². The largest absolute Gasteiger partial charge is 0.349 e. The molecule has 4 N–H and O–H groups in total. The molecule has 1 saturated carbocycles. The van der Waals surface area contributed by atoms with E-state index < -0.39 is 5.92 Å². The standard InChI is InChI=1S/C41H51N7O3/c1-26-20-33(40(50)46-36-16-18-48(3)19-17-36)22-37(27(26)2)30-8-4-28(5-9-30)21-34(23-38(49)31-10-6-29(24-42)7-11-31)41(51)45-35-14-12-32(13-15-35)39-43-25-44-47-39/h4-5,8-9,12-15,20,22,29,31,34,36H,6-7,10-11,16-19,21,23-25,42H2,1-3H3,(H,45,51)(H,46,50)/t29?,31?,34-/m1/s1. The van der Waals surface area contributed by atoms with Crippen LogP contribution in [0.4, 0.5) is 5.69 Å². The number of rotatable bonds is 12. The molecule has 0 radical (unpaired) electrons. The van der Waals surface area contributed by atoms with E-state index in [2.05, 4.69) is 56.9 Å². The second-order valence-corrected chi connectivity index (χ2v) is 14.7. The summed E-state index contributed by atoms with van der Waals surface area (Å²) in [5.41, 5.74) is 13.2. The Hall–Kier alpha value is -4.54. The van der Waals surface area contributed by atoms with Crippen LogP contribution < -0.4 is 16.4 Å². The maximum Gasteiger partial charge on any atom is 0.251 e. The van der Waals surface area contributed by atoms with Crippen LogP contribution in [0.5, 0.6) is 0 Å². The van der Waals surface area contributed by atoms with Crippen molar-refractivity contribution < 1.29 is 14.4 Å². The van der Waals surface area contributed by atoms with Gasteiger partial charge in [-0.1, -0.05) is 24.3 Å². The van der Waals surface area contributed by atoms with Crippen molar-refractivity contribution in [1.82, 2.24) is 10.2 Å². The summed E-state index contributed by atoms with van der Waals surface area (Å²) < 4.78 is 0. The lowest BCUT2D eigenvalue weighted by atomic mass is 9.77. The third kappa shape index (κ3) is 9.23. The van der Waals surface area contributed by atoms with Crippen LogP contribution >= 0.6 is 0 Å². The van der Waals surface area contributed by atoms with E-state index in [0.29, 0.717) is 42.6 Å². The summed E-state index contributed by atoms with van der Waals surface area (Å²) in [6.45, 7) is 7.09. The van der Waals surface area contributed by atoms with Gasteiger partial charge >= 0.3 is 0 Å². The Morgan fingerprint density at radius 1 is 0.902 bits per heavy atom. The second kappa shape index (κ2) is 16.7. The summed E-state index contributed by atoms with van der Waals surface area (Å²) in [6.07, 6.45) is 6.12. The van der Waals surface area contributed by atoms with Gasteiger partial charge in [0.25, 0.3) is 5.91 Å². The van der Waals surface area contributed by atoms with Crippen molar-refractivity contribution in [2.45, 2.75) is 71.3 Å². The van der Waals surface area contributed by atoms with Gasteiger partial charge in [0.15, 0.2) is 12.5 Å². The molecule has 2 aliphatic heterocycles. The van der Waals surface area contributed by atoms with Crippen molar-refractivity contribution in [3.8, 4) is 11.1 Å². The van der Waals surface area contributed by atoms with Gasteiger partial charge in [0.2, 0.25) is 5.91 Å². The van der Waals surface area contributed by atoms with Crippen LogP contribution in [0.3, 0.4) is 0 Å². The third-order valence-corrected chi connectivity index (χ3v) is 11.0. The average Bonchev–Trinajstić information content (AvgIpc) is 3.69. The molecule has 0 spiro atoms. The zero-order valence-electron chi connectivity index (χ0n) is 30.2. The molecule has 2 fully saturated rings. The predicted molar refractivity (Wildman–Crippen MR) is 202 cm³/mol. The van der Waals surface area contributed by atoms with Gasteiger partial charge in [-0.3, -0.25) is 14.4 Å². The molecule has 1 aliphatic carbocycles. The van der Waals surface area contributed by atoms with Crippen molar-refractivity contribution in [1.29, 1.82) is 0 Å². The maximum absolute atomic E-state index is 13.8. The number of hydrogen-bond acceptors (Lipinski definition) is 8. The average molecular weight is 690 g/mol. The number of carbonyl (C=O) groups excluding carboxylic acids is 3. The molecular formula is C41H51N7O3. The number of piperidine rings is 1. The highest BCUT2D eigenvalue weighted by Gasteiger charge is 2.30. The number of benzene rings is 3. The van der Waals surface area contributed by atoms with E-state index >= 15 is 0 Å². The van der Waals surface area contributed by atoms with Gasteiger partial charge in [0.05, 0.1) is 0 Å². The first-order chi connectivity index (χ1) is 24.7. The first kappa shape index (κ1) is 36.3. The zero-order valence-corrected chi connectivity index (χ0v) is 30.2. The molecule has 10 heteroatoms. The van der Waals surface area contributed by atoms with Gasteiger partial charge in [-0.2, -0.15) is 5.11 Å². The fourth-order valence-corrected chi connectivity index (χ4v) is 7.53. The Morgan fingerprint density at radius 2 is 1.59 bits per heavy atom. The van der Waals surface area contributed by atoms with Gasteiger partial charge in [-0.05, 0) is 156 Å². The minimum Gasteiger partial charge on any atom is -0.349 e. The Labute approximate surface area is 301 Å². The number of azo groups is 1. The monoisotopic (exact) mass is 689 g/mol. The molecule has 1 saturated heterocycles. The van der Waals surface area contributed by atoms with Crippen LogP contribution in [0.25, 0.3) is 11.1 Å². The lowest BCUT2D eigenvalue weighted by Crippen LogP contribution is -2.43. The summed E-state index contributed by atoms with van der Waals surface area (Å²) in [5.74, 6) is 0.449. The fourth-order valence-electron chi connectivity index (χ4n) is 7.53. The van der Waals surface area contributed by atoms with Crippen LogP contribution in [0.1, 0.15) is 77.6 Å². The zero-order chi connectivity index (χ0) is 35.9. The van der Waals surface area contributed by atoms with Crippen LogP contribution in [0.2, 0.25) is 0 Å². The quantitative estimate of drug-likeness (QED) is 0.200. The topological polar surface area (TPSA) is 142 Å². The summed E-state index contributed by atoms with van der Waals surface area (Å²) >= 11 is 0. The van der Waals surface area contributed by atoms with Crippen LogP contribution in [0, 0.1) is 31.6 Å². The maximum atomic E-state index is 13.8. The third-order valence-electron chi connectivity index (χ3n) is 11.0. The van der Waals surface area contributed by atoms with Crippen molar-refractivity contribution >= 4 is 29.1 Å². The number of likely N-dealkylation sites (tertiary alicyclic amines) is 1. The molecule has 0 aromatic heterocycles. The SMILES string of the molecule is Cc1cc(C(=O)NC2CCN(C)CC2)cc(-c2ccc(C[C@H](CC(=O)C3CCC(CN)CC3)C(=O)Nc3ccc(C4=NCN=N4)cc3)cc2)c1C. The lowest BCUT2D eigenvalue weighted by molar-refractivity contribution is -0.129. The van der Waals surface area contributed by atoms with Gasteiger partial charge in [0.1, 0.15) is 5.78 Å². The molecule has 6 rings (SSSR count). The number of carbonyl (C=O) groups is 3. The lowest BCUT2D eigenvalue weighted by Gasteiger charge is -2.29. The van der Waals surface area contributed by atoms with Crippen molar-refractivity contribution in [3.63, 3.8) is 0 Å². The summed E-state index contributed by atoms with van der Waals surface area (Å²) in [6, 6.07) is 19.7. The number of nitrogens with two attached hydrogens (primary N) is 1. The van der Waals surface area contributed by atoms with E-state index in [1.807, 2.05) is 55.5 Å². The Balaban J connectivity index is 1.17. The molecule has 3 aromatic rings. The highest BCUT2D eigenvalue weighted by molar-refractivity contribution is 6.01. The van der Waals surface area contributed by atoms with E-state index in [4.69, 9.17) is 5.73 Å². The normalized spacial score (nSPS) is 20.1. The minimum absolute atomic E-state index is 0.0266. The molecule has 51 heavy (non-hydrogen) atoms. The molecule has 1 atom stereocenters. The number of nitrogens with one attached hydrogen (secondary N) is 2. The number of hydrogen-bond donors (Lipinski definition) is 3. The van der Waals surface area contributed by atoms with E-state index in [-0.39, 0.29) is 36.0 Å². The number of Topliss-reactive ketones (excluding diaryl/α,β-unsaturated/α-hetero) is 1. The van der Waals surface area contributed by atoms with Gasteiger partial charge < -0.3 is 21.3 Å². The number of ketones is 1. The Bertz CT molecular complexity index is 1770. The van der Waals surface area contributed by atoms with Crippen molar-refractivity contribution in [3.05, 3.63) is 88.5 Å². The van der Waals surface area contributed by atoms with E-state index in [1.54, 1.807) is 0 Å². The molecule has 10 nitrogen and oxygen atoms in total.